The van der Waals surface area contributed by atoms with Gasteiger partial charge in [0, 0.05) is 11.8 Å². The molecule has 1 aliphatic heterocycles. The van der Waals surface area contributed by atoms with Crippen molar-refractivity contribution < 1.29 is 9.53 Å². The molecule has 0 N–H and O–H groups in total. The Morgan fingerprint density at radius 2 is 1.90 bits per heavy atom. The first-order chi connectivity index (χ1) is 9.84. The molecule has 0 spiro atoms. The van der Waals surface area contributed by atoms with Crippen LogP contribution in [0.25, 0.3) is 0 Å². The zero-order valence-corrected chi connectivity index (χ0v) is 14.6. The lowest BCUT2D eigenvalue weighted by atomic mass is 9.77. The molecular formula is C18H26O2Si. The van der Waals surface area contributed by atoms with Crippen LogP contribution in [0.5, 0.6) is 0 Å². The van der Waals surface area contributed by atoms with Gasteiger partial charge in [0.1, 0.15) is 0 Å². The van der Waals surface area contributed by atoms with Gasteiger partial charge in [0.15, 0.2) is 0 Å². The van der Waals surface area contributed by atoms with Crippen molar-refractivity contribution in [3.05, 3.63) is 30.3 Å². The molecule has 21 heavy (non-hydrogen) atoms. The van der Waals surface area contributed by atoms with E-state index in [9.17, 15) is 4.79 Å². The maximum absolute atomic E-state index is 11.9. The van der Waals surface area contributed by atoms with Crippen LogP contribution in [-0.2, 0) is 9.53 Å². The molecule has 2 nitrogen and oxygen atoms in total. The highest BCUT2D eigenvalue weighted by Crippen LogP contribution is 2.59. The third-order valence-electron chi connectivity index (χ3n) is 6.03. The van der Waals surface area contributed by atoms with E-state index in [1.165, 1.54) is 11.6 Å². The molecule has 1 aliphatic carbocycles. The summed E-state index contributed by atoms with van der Waals surface area (Å²) >= 11 is 0. The molecule has 0 unspecified atom stereocenters. The molecule has 1 aromatic carbocycles. The van der Waals surface area contributed by atoms with Crippen LogP contribution < -0.4 is 5.19 Å². The van der Waals surface area contributed by atoms with Crippen molar-refractivity contribution in [2.24, 2.45) is 17.3 Å². The van der Waals surface area contributed by atoms with Crippen LogP contribution in [0, 0.1) is 17.3 Å². The van der Waals surface area contributed by atoms with Crippen LogP contribution in [0.15, 0.2) is 30.3 Å². The highest BCUT2D eigenvalue weighted by atomic mass is 28.3. The van der Waals surface area contributed by atoms with E-state index in [-0.39, 0.29) is 11.4 Å². The molecule has 3 rings (SSSR count). The lowest BCUT2D eigenvalue weighted by Gasteiger charge is -2.42. The van der Waals surface area contributed by atoms with Gasteiger partial charge in [-0.15, -0.1) is 0 Å². The smallest absolute Gasteiger partial charge is 0.306 e. The van der Waals surface area contributed by atoms with Crippen molar-refractivity contribution in [1.29, 1.82) is 0 Å². The largest absolute Gasteiger partial charge is 0.465 e. The second-order valence-electron chi connectivity index (χ2n) is 7.92. The first kappa shape index (κ1) is 14.8. The van der Waals surface area contributed by atoms with Gasteiger partial charge in [0.2, 0.25) is 0 Å². The monoisotopic (exact) mass is 302 g/mol. The SMILES string of the molecule is C[C@@H]1C[C@]2(C)COC(=O)C[C@@H]2[C@H]1[Si](C)(C)c1ccccc1. The van der Waals surface area contributed by atoms with E-state index in [1.54, 1.807) is 0 Å². The highest BCUT2D eigenvalue weighted by molar-refractivity contribution is 6.91. The Morgan fingerprint density at radius 1 is 1.24 bits per heavy atom. The van der Waals surface area contributed by atoms with Gasteiger partial charge in [0.05, 0.1) is 14.7 Å². The number of hydrogen-bond donors (Lipinski definition) is 0. The van der Waals surface area contributed by atoms with Crippen LogP contribution in [0.3, 0.4) is 0 Å². The third-order valence-corrected chi connectivity index (χ3v) is 10.5. The number of ether oxygens (including phenoxy) is 1. The van der Waals surface area contributed by atoms with E-state index in [0.717, 1.165) is 0 Å². The standard InChI is InChI=1S/C18H26O2Si/c1-13-11-18(2)12-20-16(19)10-15(18)17(13)21(3,4)14-8-6-5-7-9-14/h5-9,13,15,17H,10-12H2,1-4H3/t13-,15-,17+,18-/m1/s1. The van der Waals surface area contributed by atoms with Crippen molar-refractivity contribution in [3.8, 4) is 0 Å². The molecule has 0 amide bonds. The van der Waals surface area contributed by atoms with E-state index in [4.69, 9.17) is 4.74 Å². The molecule has 1 saturated carbocycles. The van der Waals surface area contributed by atoms with E-state index in [0.29, 0.717) is 30.4 Å². The molecule has 114 valence electrons. The summed E-state index contributed by atoms with van der Waals surface area (Å²) in [5, 5.41) is 1.52. The fourth-order valence-electron chi connectivity index (χ4n) is 5.14. The predicted octanol–water partition coefficient (Wildman–Crippen LogP) is 3.58. The van der Waals surface area contributed by atoms with Crippen LogP contribution in [0.4, 0.5) is 0 Å². The molecule has 1 aromatic rings. The second-order valence-corrected chi connectivity index (χ2v) is 12.6. The molecule has 2 fully saturated rings. The fraction of sp³-hybridized carbons (Fsp3) is 0.611. The van der Waals surface area contributed by atoms with E-state index in [2.05, 4.69) is 57.3 Å². The Balaban J connectivity index is 1.98. The molecule has 4 atom stereocenters. The lowest BCUT2D eigenvalue weighted by molar-refractivity contribution is -0.157. The minimum atomic E-state index is -1.60. The molecule has 1 saturated heterocycles. The van der Waals surface area contributed by atoms with Crippen molar-refractivity contribution in [2.45, 2.75) is 45.3 Å². The highest BCUT2D eigenvalue weighted by Gasteiger charge is 2.57. The molecular weight excluding hydrogens is 276 g/mol. The van der Waals surface area contributed by atoms with E-state index in [1.807, 2.05) is 0 Å². The van der Waals surface area contributed by atoms with Gasteiger partial charge in [0.25, 0.3) is 0 Å². The number of hydrogen-bond acceptors (Lipinski definition) is 2. The first-order valence-corrected chi connectivity index (χ1v) is 11.1. The van der Waals surface area contributed by atoms with Crippen LogP contribution >= 0.6 is 0 Å². The van der Waals surface area contributed by atoms with Crippen LogP contribution in [-0.4, -0.2) is 20.7 Å². The topological polar surface area (TPSA) is 26.3 Å². The number of benzene rings is 1. The van der Waals surface area contributed by atoms with E-state index >= 15 is 0 Å². The lowest BCUT2D eigenvalue weighted by Crippen LogP contribution is -2.51. The normalized spacial score (nSPS) is 36.2. The Kier molecular flexibility index (Phi) is 3.51. The zero-order valence-electron chi connectivity index (χ0n) is 13.6. The third kappa shape index (κ3) is 2.35. The first-order valence-electron chi connectivity index (χ1n) is 8.06. The van der Waals surface area contributed by atoms with Crippen molar-refractivity contribution in [3.63, 3.8) is 0 Å². The molecule has 0 aromatic heterocycles. The van der Waals surface area contributed by atoms with Crippen molar-refractivity contribution in [2.75, 3.05) is 6.61 Å². The molecule has 2 aliphatic rings. The number of esters is 1. The number of carbonyl (C=O) groups is 1. The number of cyclic esters (lactones) is 1. The summed E-state index contributed by atoms with van der Waals surface area (Å²) in [6.45, 7) is 10.3. The average molecular weight is 302 g/mol. The van der Waals surface area contributed by atoms with Gasteiger partial charge in [-0.3, -0.25) is 4.79 Å². The quantitative estimate of drug-likeness (QED) is 0.616. The van der Waals surface area contributed by atoms with Gasteiger partial charge in [-0.05, 0) is 23.8 Å². The summed E-state index contributed by atoms with van der Waals surface area (Å²) in [5.41, 5.74) is 0.856. The zero-order chi connectivity index (χ0) is 15.3. The van der Waals surface area contributed by atoms with Gasteiger partial charge >= 0.3 is 5.97 Å². The Morgan fingerprint density at radius 3 is 2.57 bits per heavy atom. The second kappa shape index (κ2) is 4.98. The van der Waals surface area contributed by atoms with Crippen LogP contribution in [0.1, 0.15) is 26.7 Å². The van der Waals surface area contributed by atoms with Gasteiger partial charge in [-0.2, -0.15) is 0 Å². The summed E-state index contributed by atoms with van der Waals surface area (Å²) in [6.07, 6.45) is 1.81. The predicted molar refractivity (Wildman–Crippen MR) is 88.3 cm³/mol. The maximum atomic E-state index is 11.9. The summed E-state index contributed by atoms with van der Waals surface area (Å²) in [6, 6.07) is 11.0. The average Bonchev–Trinajstić information content (AvgIpc) is 2.70. The van der Waals surface area contributed by atoms with Gasteiger partial charge in [-0.1, -0.05) is 62.5 Å². The number of rotatable bonds is 2. The Labute approximate surface area is 128 Å². The summed E-state index contributed by atoms with van der Waals surface area (Å²) in [7, 11) is -1.60. The Bertz CT molecular complexity index is 539. The molecule has 1 heterocycles. The van der Waals surface area contributed by atoms with Gasteiger partial charge < -0.3 is 4.74 Å². The van der Waals surface area contributed by atoms with Crippen LogP contribution in [0.2, 0.25) is 18.6 Å². The fourth-order valence-corrected chi connectivity index (χ4v) is 9.64. The maximum Gasteiger partial charge on any atom is 0.306 e. The molecule has 3 heteroatoms. The molecule has 0 radical (unpaired) electrons. The Hall–Kier alpha value is -1.09. The summed E-state index contributed by atoms with van der Waals surface area (Å²) < 4.78 is 5.39. The van der Waals surface area contributed by atoms with E-state index < -0.39 is 8.07 Å². The minimum absolute atomic E-state index is 0.00874. The van der Waals surface area contributed by atoms with Gasteiger partial charge in [-0.25, -0.2) is 0 Å². The number of fused-ring (bicyclic) bond motifs is 1. The van der Waals surface area contributed by atoms with Crippen molar-refractivity contribution >= 4 is 19.2 Å². The van der Waals surface area contributed by atoms with Crippen molar-refractivity contribution in [1.82, 2.24) is 0 Å². The minimum Gasteiger partial charge on any atom is -0.465 e. The summed E-state index contributed by atoms with van der Waals surface area (Å²) in [4.78, 5) is 11.9. The summed E-state index contributed by atoms with van der Waals surface area (Å²) in [5.74, 6) is 1.18. The molecule has 0 bridgehead atoms. The number of carbonyl (C=O) groups excluding carboxylic acids is 1.